The van der Waals surface area contributed by atoms with E-state index < -0.39 is 17.8 Å². The summed E-state index contributed by atoms with van der Waals surface area (Å²) in [5.41, 5.74) is 3.41. The van der Waals surface area contributed by atoms with Crippen molar-refractivity contribution in [2.24, 2.45) is 0 Å². The smallest absolute Gasteiger partial charge is 0.295 e. The van der Waals surface area contributed by atoms with Crippen LogP contribution in [0.3, 0.4) is 0 Å². The first kappa shape index (κ1) is 22.7. The molecular weight excluding hydrogens is 469 g/mol. The number of nitrogens with zero attached hydrogens (tertiary/aromatic N) is 1. The molecule has 182 valence electrons. The minimum absolute atomic E-state index is 0.00807. The van der Waals surface area contributed by atoms with Crippen LogP contribution in [-0.4, -0.2) is 5.91 Å². The van der Waals surface area contributed by atoms with Crippen LogP contribution in [0, 0.1) is 12.7 Å². The number of ether oxygens (including phenoxy) is 1. The van der Waals surface area contributed by atoms with Gasteiger partial charge in [0, 0.05) is 5.69 Å². The number of rotatable bonds is 5. The van der Waals surface area contributed by atoms with Crippen molar-refractivity contribution in [3.8, 4) is 5.75 Å². The second-order valence-corrected chi connectivity index (χ2v) is 9.07. The van der Waals surface area contributed by atoms with Gasteiger partial charge in [-0.05, 0) is 66.6 Å². The van der Waals surface area contributed by atoms with Gasteiger partial charge in [-0.15, -0.1) is 0 Å². The first-order valence-corrected chi connectivity index (χ1v) is 11.9. The summed E-state index contributed by atoms with van der Waals surface area (Å²) in [4.78, 5) is 29.0. The van der Waals surface area contributed by atoms with Gasteiger partial charge in [0.1, 0.15) is 23.8 Å². The fourth-order valence-corrected chi connectivity index (χ4v) is 4.79. The maximum atomic E-state index is 13.8. The summed E-state index contributed by atoms with van der Waals surface area (Å²) >= 11 is 0. The maximum Gasteiger partial charge on any atom is 0.295 e. The average molecular weight is 492 g/mol. The summed E-state index contributed by atoms with van der Waals surface area (Å²) in [6, 6.07) is 27.3. The minimum atomic E-state index is -0.769. The molecule has 5 aromatic rings. The van der Waals surface area contributed by atoms with E-state index >= 15 is 0 Å². The van der Waals surface area contributed by atoms with Gasteiger partial charge in [-0.2, -0.15) is 0 Å². The number of aryl methyl sites for hydroxylation is 1. The lowest BCUT2D eigenvalue weighted by molar-refractivity contribution is 0.0971. The van der Waals surface area contributed by atoms with Crippen LogP contribution in [-0.2, 0) is 6.61 Å². The molecule has 6 rings (SSSR count). The van der Waals surface area contributed by atoms with Gasteiger partial charge in [-0.3, -0.25) is 14.5 Å². The van der Waals surface area contributed by atoms with Crippen molar-refractivity contribution in [1.82, 2.24) is 0 Å². The van der Waals surface area contributed by atoms with Crippen molar-refractivity contribution in [1.29, 1.82) is 0 Å². The van der Waals surface area contributed by atoms with Crippen molar-refractivity contribution in [2.45, 2.75) is 19.6 Å². The SMILES string of the molecule is Cc1ccc2oc3c(c(=O)c2c1)C(c1cccc(OCc2ccccc2)c1)N(c1ccc(F)cc1)C3=O. The molecule has 37 heavy (non-hydrogen) atoms. The van der Waals surface area contributed by atoms with Gasteiger partial charge < -0.3 is 9.15 Å². The van der Waals surface area contributed by atoms with Crippen molar-refractivity contribution in [2.75, 3.05) is 4.90 Å². The summed E-state index contributed by atoms with van der Waals surface area (Å²) < 4.78 is 25.8. The molecule has 0 bridgehead atoms. The predicted molar refractivity (Wildman–Crippen MR) is 139 cm³/mol. The van der Waals surface area contributed by atoms with Crippen LogP contribution in [0.2, 0.25) is 0 Å². The third kappa shape index (κ3) is 4.06. The molecule has 0 fully saturated rings. The number of hydrogen-bond acceptors (Lipinski definition) is 4. The normalized spacial score (nSPS) is 14.7. The quantitative estimate of drug-likeness (QED) is 0.279. The van der Waals surface area contributed by atoms with Gasteiger partial charge in [-0.1, -0.05) is 54.1 Å². The standard InChI is InChI=1S/C31H22FNO4/c1-19-10-15-26-25(16-19)29(34)27-28(33(31(35)30(27)37-26)23-13-11-22(32)12-14-23)21-8-5-9-24(17-21)36-18-20-6-3-2-4-7-20/h2-17,28H,18H2,1H3. The Morgan fingerprint density at radius 1 is 0.892 bits per heavy atom. The largest absolute Gasteiger partial charge is 0.489 e. The van der Waals surface area contributed by atoms with E-state index in [1.165, 1.54) is 29.2 Å². The number of fused-ring (bicyclic) bond motifs is 2. The van der Waals surface area contributed by atoms with E-state index in [0.717, 1.165) is 11.1 Å². The Kier molecular flexibility index (Phi) is 5.57. The van der Waals surface area contributed by atoms with Crippen molar-refractivity contribution < 1.29 is 18.3 Å². The number of amides is 1. The maximum absolute atomic E-state index is 13.8. The van der Waals surface area contributed by atoms with Crippen LogP contribution in [0.15, 0.2) is 106 Å². The molecule has 1 amide bonds. The topological polar surface area (TPSA) is 59.8 Å². The van der Waals surface area contributed by atoms with E-state index in [0.29, 0.717) is 34.6 Å². The lowest BCUT2D eigenvalue weighted by Gasteiger charge is -2.25. The lowest BCUT2D eigenvalue weighted by Crippen LogP contribution is -2.29. The second kappa shape index (κ2) is 9.06. The van der Waals surface area contributed by atoms with Gasteiger partial charge >= 0.3 is 0 Å². The van der Waals surface area contributed by atoms with Crippen LogP contribution >= 0.6 is 0 Å². The molecule has 6 heteroatoms. The van der Waals surface area contributed by atoms with Crippen LogP contribution in [0.25, 0.3) is 11.0 Å². The molecule has 1 unspecified atom stereocenters. The number of anilines is 1. The molecule has 0 spiro atoms. The first-order chi connectivity index (χ1) is 18.0. The predicted octanol–water partition coefficient (Wildman–Crippen LogP) is 6.57. The molecule has 1 aromatic heterocycles. The molecule has 0 saturated heterocycles. The van der Waals surface area contributed by atoms with Crippen molar-refractivity contribution in [3.05, 3.63) is 141 Å². The van der Waals surface area contributed by atoms with E-state index in [-0.39, 0.29) is 16.8 Å². The Morgan fingerprint density at radius 3 is 2.46 bits per heavy atom. The Bertz CT molecular complexity index is 1690. The molecular formula is C31H22FNO4. The van der Waals surface area contributed by atoms with Crippen molar-refractivity contribution in [3.63, 3.8) is 0 Å². The van der Waals surface area contributed by atoms with Crippen molar-refractivity contribution >= 4 is 22.6 Å². The highest BCUT2D eigenvalue weighted by molar-refractivity contribution is 6.10. The number of benzene rings is 4. The zero-order valence-electron chi connectivity index (χ0n) is 20.0. The van der Waals surface area contributed by atoms with Crippen LogP contribution in [0.4, 0.5) is 10.1 Å². The Balaban J connectivity index is 1.50. The zero-order valence-corrected chi connectivity index (χ0v) is 20.0. The molecule has 5 nitrogen and oxygen atoms in total. The van der Waals surface area contributed by atoms with Gasteiger partial charge in [0.05, 0.1) is 17.0 Å². The highest BCUT2D eigenvalue weighted by atomic mass is 19.1. The van der Waals surface area contributed by atoms with Gasteiger partial charge in [0.15, 0.2) is 5.43 Å². The Hall–Kier alpha value is -4.71. The van der Waals surface area contributed by atoms with Crippen LogP contribution < -0.4 is 15.1 Å². The fourth-order valence-electron chi connectivity index (χ4n) is 4.79. The average Bonchev–Trinajstić information content (AvgIpc) is 3.21. The van der Waals surface area contributed by atoms with E-state index in [2.05, 4.69) is 0 Å². The number of hydrogen-bond donors (Lipinski definition) is 0. The van der Waals surface area contributed by atoms with Gasteiger partial charge in [0.2, 0.25) is 5.76 Å². The number of carbonyl (C=O) groups excluding carboxylic acids is 1. The highest BCUT2D eigenvalue weighted by Gasteiger charge is 2.43. The summed E-state index contributed by atoms with van der Waals surface area (Å²) in [6.45, 7) is 2.27. The molecule has 1 atom stereocenters. The van der Waals surface area contributed by atoms with Gasteiger partial charge in [-0.25, -0.2) is 4.39 Å². The fraction of sp³-hybridized carbons (Fsp3) is 0.0968. The van der Waals surface area contributed by atoms with Gasteiger partial charge in [0.25, 0.3) is 5.91 Å². The molecule has 0 saturated carbocycles. The molecule has 1 aliphatic rings. The second-order valence-electron chi connectivity index (χ2n) is 9.07. The zero-order chi connectivity index (χ0) is 25.5. The molecule has 0 N–H and O–H groups in total. The first-order valence-electron chi connectivity index (χ1n) is 11.9. The Morgan fingerprint density at radius 2 is 1.68 bits per heavy atom. The van der Waals surface area contributed by atoms with Crippen LogP contribution in [0.5, 0.6) is 5.75 Å². The molecule has 0 aliphatic carbocycles. The molecule has 2 heterocycles. The third-order valence-corrected chi connectivity index (χ3v) is 6.55. The monoisotopic (exact) mass is 491 g/mol. The van der Waals surface area contributed by atoms with E-state index in [9.17, 15) is 14.0 Å². The van der Waals surface area contributed by atoms with Crippen LogP contribution in [0.1, 0.15) is 38.9 Å². The molecule has 1 aliphatic heterocycles. The summed E-state index contributed by atoms with van der Waals surface area (Å²) in [6.07, 6.45) is 0. The summed E-state index contributed by atoms with van der Waals surface area (Å²) in [7, 11) is 0. The summed E-state index contributed by atoms with van der Waals surface area (Å²) in [5, 5.41) is 0.411. The molecule has 0 radical (unpaired) electrons. The van der Waals surface area contributed by atoms with E-state index in [1.807, 2.05) is 67.6 Å². The molecule has 4 aromatic carbocycles. The van der Waals surface area contributed by atoms with E-state index in [4.69, 9.17) is 9.15 Å². The Labute approximate surface area is 212 Å². The lowest BCUT2D eigenvalue weighted by atomic mass is 9.97. The third-order valence-electron chi connectivity index (χ3n) is 6.55. The number of halogens is 1. The highest BCUT2D eigenvalue weighted by Crippen LogP contribution is 2.42. The summed E-state index contributed by atoms with van der Waals surface area (Å²) in [5.74, 6) is -0.286. The number of carbonyl (C=O) groups is 1. The minimum Gasteiger partial charge on any atom is -0.489 e. The van der Waals surface area contributed by atoms with E-state index in [1.54, 1.807) is 12.1 Å².